The van der Waals surface area contributed by atoms with Crippen molar-refractivity contribution in [2.75, 3.05) is 7.11 Å². The molecule has 7 nitrogen and oxygen atoms in total. The Balaban J connectivity index is 1.62. The molecule has 0 saturated carbocycles. The van der Waals surface area contributed by atoms with E-state index < -0.39 is 11.9 Å². The summed E-state index contributed by atoms with van der Waals surface area (Å²) in [4.78, 5) is 23.1. The van der Waals surface area contributed by atoms with E-state index in [1.807, 2.05) is 0 Å². The minimum atomic E-state index is -0.616. The smallest absolute Gasteiger partial charge is 0.331 e. The molecule has 0 radical (unpaired) electrons. The Labute approximate surface area is 180 Å². The first kappa shape index (κ1) is 20.9. The summed E-state index contributed by atoms with van der Waals surface area (Å²) in [7, 11) is 1.23. The van der Waals surface area contributed by atoms with Crippen molar-refractivity contribution in [2.24, 2.45) is 10.2 Å². The van der Waals surface area contributed by atoms with Crippen molar-refractivity contribution in [1.29, 1.82) is 0 Å². The Morgan fingerprint density at radius 2 is 1.93 bits per heavy atom. The van der Waals surface area contributed by atoms with Crippen LogP contribution in [0.3, 0.4) is 0 Å². The maximum absolute atomic E-state index is 11.7. The molecule has 1 heterocycles. The lowest BCUT2D eigenvalue weighted by atomic mass is 10.2. The second-order valence-electron chi connectivity index (χ2n) is 5.48. The highest BCUT2D eigenvalue weighted by Gasteiger charge is 2.24. The molecule has 1 fully saturated rings. The Hall–Kier alpha value is -2.81. The van der Waals surface area contributed by atoms with E-state index in [1.165, 1.54) is 13.3 Å². The molecule has 0 spiro atoms. The van der Waals surface area contributed by atoms with E-state index >= 15 is 0 Å². The number of nitrogens with one attached hydrogen (secondary N) is 1. The molecule has 0 aliphatic carbocycles. The average Bonchev–Trinajstić information content (AvgIpc) is 3.04. The molecular weight excluding hydrogens is 437 g/mol. The van der Waals surface area contributed by atoms with E-state index in [4.69, 9.17) is 27.9 Å². The summed E-state index contributed by atoms with van der Waals surface area (Å²) >= 11 is 13.0. The number of amidine groups is 1. The van der Waals surface area contributed by atoms with Gasteiger partial charge >= 0.3 is 5.97 Å². The fourth-order valence-corrected chi connectivity index (χ4v) is 3.28. The fourth-order valence-electron chi connectivity index (χ4n) is 2.10. The van der Waals surface area contributed by atoms with Gasteiger partial charge < -0.3 is 9.47 Å². The van der Waals surface area contributed by atoms with Crippen LogP contribution in [0.25, 0.3) is 0 Å². The number of nitrogens with zero attached hydrogens (tertiary/aromatic N) is 2. The molecule has 0 unspecified atom stereocenters. The predicted molar refractivity (Wildman–Crippen MR) is 114 cm³/mol. The molecule has 0 bridgehead atoms. The molecule has 29 heavy (non-hydrogen) atoms. The van der Waals surface area contributed by atoms with Crippen molar-refractivity contribution in [2.45, 2.75) is 0 Å². The van der Waals surface area contributed by atoms with Gasteiger partial charge in [0.15, 0.2) is 5.17 Å². The van der Waals surface area contributed by atoms with Gasteiger partial charge in [-0.25, -0.2) is 4.79 Å². The first-order chi connectivity index (χ1) is 13.9. The lowest BCUT2D eigenvalue weighted by Crippen LogP contribution is -2.19. The van der Waals surface area contributed by atoms with Gasteiger partial charge in [-0.1, -0.05) is 23.2 Å². The minimum Gasteiger partial charge on any atom is -0.466 e. The average molecular weight is 450 g/mol. The Morgan fingerprint density at radius 3 is 2.62 bits per heavy atom. The van der Waals surface area contributed by atoms with Crippen molar-refractivity contribution >= 4 is 58.2 Å². The van der Waals surface area contributed by atoms with Gasteiger partial charge in [-0.3, -0.25) is 10.1 Å². The molecule has 148 valence electrons. The van der Waals surface area contributed by atoms with Crippen LogP contribution in [0.5, 0.6) is 11.5 Å². The number of methoxy groups -OCH3 is 1. The van der Waals surface area contributed by atoms with Crippen LogP contribution in [-0.4, -0.2) is 30.4 Å². The standard InChI is InChI=1S/C19H13Cl2N3O4S/c1-27-17(25)9-16-18(26)23-19(29-16)24-22-10-11-2-5-13(6-3-11)28-15-7-4-12(20)8-14(15)21/h2-10H,1H3,(H,23,24,26)/b16-9+,22-10?. The number of amides is 1. The van der Waals surface area contributed by atoms with Crippen LogP contribution < -0.4 is 10.1 Å². The second kappa shape index (κ2) is 9.60. The molecule has 3 rings (SSSR count). The molecule has 10 heteroatoms. The summed E-state index contributed by atoms with van der Waals surface area (Å²) in [6.45, 7) is 0. The van der Waals surface area contributed by atoms with Crippen molar-refractivity contribution in [1.82, 2.24) is 5.32 Å². The van der Waals surface area contributed by atoms with Gasteiger partial charge in [0.2, 0.25) is 0 Å². The second-order valence-corrected chi connectivity index (χ2v) is 7.36. The van der Waals surface area contributed by atoms with E-state index in [9.17, 15) is 9.59 Å². The van der Waals surface area contributed by atoms with Crippen LogP contribution in [0.2, 0.25) is 10.0 Å². The van der Waals surface area contributed by atoms with Crippen LogP contribution in [0.1, 0.15) is 5.56 Å². The topological polar surface area (TPSA) is 89.3 Å². The van der Waals surface area contributed by atoms with Crippen LogP contribution in [0.4, 0.5) is 0 Å². The first-order valence-electron chi connectivity index (χ1n) is 8.07. The third-order valence-electron chi connectivity index (χ3n) is 3.46. The normalized spacial score (nSPS) is 16.4. The number of carbonyl (C=O) groups excluding carboxylic acids is 2. The van der Waals surface area contributed by atoms with Crippen LogP contribution in [0, 0.1) is 0 Å². The Kier molecular flexibility index (Phi) is 6.92. The molecular formula is C19H13Cl2N3O4S. The first-order valence-corrected chi connectivity index (χ1v) is 9.64. The SMILES string of the molecule is COC(=O)/C=C1/S/C(=N\N=Cc2ccc(Oc3ccc(Cl)cc3Cl)cc2)NC1=O. The predicted octanol–water partition coefficient (Wildman–Crippen LogP) is 4.40. The summed E-state index contributed by atoms with van der Waals surface area (Å²) in [5.41, 5.74) is 0.767. The van der Waals surface area contributed by atoms with Gasteiger partial charge in [0.1, 0.15) is 11.5 Å². The molecule has 0 aromatic heterocycles. The number of esters is 1. The lowest BCUT2D eigenvalue weighted by molar-refractivity contribution is -0.135. The summed E-state index contributed by atoms with van der Waals surface area (Å²) < 4.78 is 10.2. The highest BCUT2D eigenvalue weighted by Crippen LogP contribution is 2.31. The minimum absolute atomic E-state index is 0.188. The quantitative estimate of drug-likeness (QED) is 0.316. The maximum atomic E-state index is 11.7. The Morgan fingerprint density at radius 1 is 1.17 bits per heavy atom. The van der Waals surface area contributed by atoms with Crippen molar-refractivity contribution in [3.05, 3.63) is 69.1 Å². The zero-order chi connectivity index (χ0) is 20.8. The fraction of sp³-hybridized carbons (Fsp3) is 0.0526. The molecule has 2 aromatic rings. The number of thioether (sulfide) groups is 1. The molecule has 1 aliphatic heterocycles. The van der Waals surface area contributed by atoms with Gasteiger partial charge in [-0.2, -0.15) is 5.10 Å². The molecule has 1 N–H and O–H groups in total. The number of hydrogen-bond donors (Lipinski definition) is 1. The van der Waals surface area contributed by atoms with Crippen LogP contribution >= 0.6 is 35.0 Å². The number of benzene rings is 2. The van der Waals surface area contributed by atoms with Gasteiger partial charge in [0.05, 0.1) is 23.3 Å². The van der Waals surface area contributed by atoms with Gasteiger partial charge in [-0.15, -0.1) is 5.10 Å². The zero-order valence-electron chi connectivity index (χ0n) is 14.9. The van der Waals surface area contributed by atoms with Crippen LogP contribution in [-0.2, 0) is 14.3 Å². The zero-order valence-corrected chi connectivity index (χ0v) is 17.2. The van der Waals surface area contributed by atoms with E-state index in [2.05, 4.69) is 20.3 Å². The van der Waals surface area contributed by atoms with Crippen molar-refractivity contribution < 1.29 is 19.1 Å². The van der Waals surface area contributed by atoms with Crippen LogP contribution in [0.15, 0.2) is 63.6 Å². The monoisotopic (exact) mass is 449 g/mol. The summed E-state index contributed by atoms with van der Waals surface area (Å²) in [6, 6.07) is 12.1. The molecule has 1 saturated heterocycles. The third kappa shape index (κ3) is 5.83. The molecule has 0 atom stereocenters. The number of rotatable bonds is 5. The summed E-state index contributed by atoms with van der Waals surface area (Å²) in [6.07, 6.45) is 2.61. The summed E-state index contributed by atoms with van der Waals surface area (Å²) in [5.74, 6) is 0.0360. The van der Waals surface area contributed by atoms with Crippen molar-refractivity contribution in [3.8, 4) is 11.5 Å². The highest BCUT2D eigenvalue weighted by molar-refractivity contribution is 8.18. The molecule has 1 aliphatic rings. The van der Waals surface area contributed by atoms with Gasteiger partial charge in [0.25, 0.3) is 5.91 Å². The molecule has 2 aromatic carbocycles. The van der Waals surface area contributed by atoms with Crippen molar-refractivity contribution in [3.63, 3.8) is 0 Å². The van der Waals surface area contributed by atoms with E-state index in [0.29, 0.717) is 21.5 Å². The van der Waals surface area contributed by atoms with E-state index in [0.717, 1.165) is 23.4 Å². The van der Waals surface area contributed by atoms with Gasteiger partial charge in [-0.05, 0) is 59.8 Å². The van der Waals surface area contributed by atoms with E-state index in [1.54, 1.807) is 42.5 Å². The largest absolute Gasteiger partial charge is 0.466 e. The third-order valence-corrected chi connectivity index (χ3v) is 4.89. The number of ether oxygens (including phenoxy) is 2. The van der Waals surface area contributed by atoms with E-state index in [-0.39, 0.29) is 10.1 Å². The highest BCUT2D eigenvalue weighted by atomic mass is 35.5. The molecule has 1 amide bonds. The summed E-state index contributed by atoms with van der Waals surface area (Å²) in [5, 5.41) is 11.6. The van der Waals surface area contributed by atoms with Gasteiger partial charge in [0, 0.05) is 11.1 Å². The number of halogens is 2. The Bertz CT molecular complexity index is 1040. The number of carbonyl (C=O) groups is 2. The lowest BCUT2D eigenvalue weighted by Gasteiger charge is -2.07. The number of hydrogen-bond acceptors (Lipinski definition) is 7. The maximum Gasteiger partial charge on any atom is 0.331 e.